The largest absolute Gasteiger partial charge is 0.504 e. The summed E-state index contributed by atoms with van der Waals surface area (Å²) >= 11 is 0. The molecule has 0 aliphatic carbocycles. The van der Waals surface area contributed by atoms with Gasteiger partial charge in [-0.15, -0.1) is 0 Å². The quantitative estimate of drug-likeness (QED) is 0.719. The maximum atomic E-state index is 12.4. The van der Waals surface area contributed by atoms with E-state index in [0.717, 1.165) is 22.3 Å². The standard InChI is InChI=1S/C16H13NO3/c18-13-7-9-5-6-17-15(12(9)8-14(13)19)10-3-1-2-4-11(10)16(17)20/h1-4,7-8,15,18-19H,5-6H2. The summed E-state index contributed by atoms with van der Waals surface area (Å²) < 4.78 is 0. The maximum absolute atomic E-state index is 12.4. The number of fused-ring (bicyclic) bond motifs is 5. The molecule has 0 radical (unpaired) electrons. The minimum Gasteiger partial charge on any atom is -0.504 e. The van der Waals surface area contributed by atoms with Gasteiger partial charge in [0, 0.05) is 12.1 Å². The van der Waals surface area contributed by atoms with Gasteiger partial charge in [-0.2, -0.15) is 0 Å². The third-order valence-electron chi connectivity index (χ3n) is 4.21. The Hall–Kier alpha value is -2.49. The average molecular weight is 267 g/mol. The molecule has 2 aliphatic rings. The van der Waals surface area contributed by atoms with Crippen LogP contribution in [0.4, 0.5) is 0 Å². The zero-order valence-electron chi connectivity index (χ0n) is 10.7. The van der Waals surface area contributed by atoms with Crippen molar-refractivity contribution in [3.8, 4) is 11.5 Å². The first kappa shape index (κ1) is 11.3. The lowest BCUT2D eigenvalue weighted by Gasteiger charge is -2.32. The molecule has 4 heteroatoms. The summed E-state index contributed by atoms with van der Waals surface area (Å²) in [4.78, 5) is 14.2. The summed E-state index contributed by atoms with van der Waals surface area (Å²) in [6.07, 6.45) is 0.694. The smallest absolute Gasteiger partial charge is 0.255 e. The Kier molecular flexibility index (Phi) is 2.13. The predicted octanol–water partition coefficient (Wildman–Crippen LogP) is 2.20. The SMILES string of the molecule is O=C1c2ccccc2C2c3cc(O)c(O)cc3CCN12. The maximum Gasteiger partial charge on any atom is 0.255 e. The molecule has 2 heterocycles. The van der Waals surface area contributed by atoms with E-state index in [0.29, 0.717) is 13.0 Å². The third-order valence-corrected chi connectivity index (χ3v) is 4.21. The summed E-state index contributed by atoms with van der Waals surface area (Å²) in [6, 6.07) is 10.6. The van der Waals surface area contributed by atoms with Crippen LogP contribution in [0.25, 0.3) is 0 Å². The number of benzene rings is 2. The second kappa shape index (κ2) is 3.76. The van der Waals surface area contributed by atoms with E-state index in [1.807, 2.05) is 29.2 Å². The number of phenols is 2. The van der Waals surface area contributed by atoms with Crippen LogP contribution >= 0.6 is 0 Å². The number of hydrogen-bond donors (Lipinski definition) is 2. The molecule has 0 saturated carbocycles. The summed E-state index contributed by atoms with van der Waals surface area (Å²) in [5, 5.41) is 19.4. The zero-order chi connectivity index (χ0) is 13.9. The Morgan fingerprint density at radius 2 is 1.80 bits per heavy atom. The van der Waals surface area contributed by atoms with Crippen LogP contribution in [0.3, 0.4) is 0 Å². The lowest BCUT2D eigenvalue weighted by atomic mass is 9.89. The van der Waals surface area contributed by atoms with E-state index in [1.54, 1.807) is 12.1 Å². The van der Waals surface area contributed by atoms with Gasteiger partial charge in [-0.05, 0) is 41.3 Å². The van der Waals surface area contributed by atoms with E-state index in [4.69, 9.17) is 0 Å². The van der Waals surface area contributed by atoms with Gasteiger partial charge in [0.1, 0.15) is 0 Å². The number of amides is 1. The normalized spacial score (nSPS) is 19.5. The summed E-state index contributed by atoms with van der Waals surface area (Å²) in [6.45, 7) is 0.634. The van der Waals surface area contributed by atoms with Crippen LogP contribution in [0.15, 0.2) is 36.4 Å². The van der Waals surface area contributed by atoms with Crippen molar-refractivity contribution >= 4 is 5.91 Å². The monoisotopic (exact) mass is 267 g/mol. The number of carbonyl (C=O) groups is 1. The van der Waals surface area contributed by atoms with Gasteiger partial charge in [0.2, 0.25) is 0 Å². The highest BCUT2D eigenvalue weighted by Gasteiger charge is 2.40. The molecule has 4 nitrogen and oxygen atoms in total. The van der Waals surface area contributed by atoms with Gasteiger partial charge in [-0.1, -0.05) is 18.2 Å². The molecule has 0 bridgehead atoms. The average Bonchev–Trinajstić information content (AvgIpc) is 2.75. The second-order valence-electron chi connectivity index (χ2n) is 5.28. The number of phenolic OH excluding ortho intramolecular Hbond substituents is 2. The topological polar surface area (TPSA) is 60.8 Å². The Morgan fingerprint density at radius 1 is 1.05 bits per heavy atom. The van der Waals surface area contributed by atoms with Crippen molar-refractivity contribution in [2.75, 3.05) is 6.54 Å². The molecule has 2 aromatic rings. The molecule has 20 heavy (non-hydrogen) atoms. The fraction of sp³-hybridized carbons (Fsp3) is 0.188. The number of rotatable bonds is 0. The molecule has 2 aliphatic heterocycles. The van der Waals surface area contributed by atoms with Gasteiger partial charge < -0.3 is 15.1 Å². The van der Waals surface area contributed by atoms with E-state index < -0.39 is 0 Å². The van der Waals surface area contributed by atoms with Crippen LogP contribution in [0, 0.1) is 0 Å². The molecule has 100 valence electrons. The number of nitrogens with zero attached hydrogens (tertiary/aromatic N) is 1. The Morgan fingerprint density at radius 3 is 2.65 bits per heavy atom. The summed E-state index contributed by atoms with van der Waals surface area (Å²) in [5.74, 6) is -0.193. The van der Waals surface area contributed by atoms with Crippen LogP contribution in [-0.4, -0.2) is 27.6 Å². The van der Waals surface area contributed by atoms with Crippen LogP contribution in [-0.2, 0) is 6.42 Å². The molecule has 2 aromatic carbocycles. The first-order chi connectivity index (χ1) is 9.66. The fourth-order valence-electron chi connectivity index (χ4n) is 3.28. The minimum atomic E-state index is -0.144. The summed E-state index contributed by atoms with van der Waals surface area (Å²) in [7, 11) is 0. The summed E-state index contributed by atoms with van der Waals surface area (Å²) in [5.41, 5.74) is 3.61. The van der Waals surface area contributed by atoms with Gasteiger partial charge in [0.15, 0.2) is 11.5 Å². The molecular formula is C16H13NO3. The van der Waals surface area contributed by atoms with Crippen molar-refractivity contribution in [1.82, 2.24) is 4.90 Å². The predicted molar refractivity (Wildman–Crippen MR) is 72.8 cm³/mol. The highest BCUT2D eigenvalue weighted by molar-refractivity contribution is 6.00. The molecule has 2 N–H and O–H groups in total. The molecular weight excluding hydrogens is 254 g/mol. The van der Waals surface area contributed by atoms with Gasteiger partial charge >= 0.3 is 0 Å². The lowest BCUT2D eigenvalue weighted by Crippen LogP contribution is -2.34. The highest BCUT2D eigenvalue weighted by Crippen LogP contribution is 2.45. The molecule has 0 spiro atoms. The minimum absolute atomic E-state index is 0.0452. The molecule has 1 unspecified atom stereocenters. The highest BCUT2D eigenvalue weighted by atomic mass is 16.3. The van der Waals surface area contributed by atoms with E-state index >= 15 is 0 Å². The first-order valence-corrected chi connectivity index (χ1v) is 6.61. The second-order valence-corrected chi connectivity index (χ2v) is 5.28. The van der Waals surface area contributed by atoms with E-state index in [1.165, 1.54) is 0 Å². The van der Waals surface area contributed by atoms with Gasteiger partial charge in [0.25, 0.3) is 5.91 Å². The Bertz CT molecular complexity index is 738. The zero-order valence-corrected chi connectivity index (χ0v) is 10.7. The van der Waals surface area contributed by atoms with Crippen molar-refractivity contribution in [2.45, 2.75) is 12.5 Å². The van der Waals surface area contributed by atoms with Crippen molar-refractivity contribution in [3.05, 3.63) is 58.7 Å². The van der Waals surface area contributed by atoms with E-state index in [9.17, 15) is 15.0 Å². The van der Waals surface area contributed by atoms with Gasteiger partial charge in [-0.3, -0.25) is 4.79 Å². The Balaban J connectivity index is 1.96. The first-order valence-electron chi connectivity index (χ1n) is 6.61. The van der Waals surface area contributed by atoms with Gasteiger partial charge in [0.05, 0.1) is 6.04 Å². The van der Waals surface area contributed by atoms with Gasteiger partial charge in [-0.25, -0.2) is 0 Å². The number of aromatic hydroxyl groups is 2. The van der Waals surface area contributed by atoms with Crippen molar-refractivity contribution < 1.29 is 15.0 Å². The molecule has 4 rings (SSSR count). The molecule has 0 fully saturated rings. The Labute approximate surface area is 115 Å². The molecule has 0 aromatic heterocycles. The van der Waals surface area contributed by atoms with Crippen LogP contribution < -0.4 is 0 Å². The van der Waals surface area contributed by atoms with Crippen LogP contribution in [0.5, 0.6) is 11.5 Å². The van der Waals surface area contributed by atoms with E-state index in [-0.39, 0.29) is 23.4 Å². The van der Waals surface area contributed by atoms with Crippen LogP contribution in [0.2, 0.25) is 0 Å². The van der Waals surface area contributed by atoms with Crippen molar-refractivity contribution in [3.63, 3.8) is 0 Å². The van der Waals surface area contributed by atoms with Crippen molar-refractivity contribution in [2.24, 2.45) is 0 Å². The fourth-order valence-corrected chi connectivity index (χ4v) is 3.28. The van der Waals surface area contributed by atoms with Crippen LogP contribution in [0.1, 0.15) is 33.1 Å². The van der Waals surface area contributed by atoms with E-state index in [2.05, 4.69) is 0 Å². The third kappa shape index (κ3) is 1.33. The lowest BCUT2D eigenvalue weighted by molar-refractivity contribution is 0.0740. The molecule has 0 saturated heterocycles. The number of hydrogen-bond acceptors (Lipinski definition) is 3. The molecule has 1 amide bonds. The number of carbonyl (C=O) groups excluding carboxylic acids is 1. The molecule has 1 atom stereocenters. The van der Waals surface area contributed by atoms with Crippen molar-refractivity contribution in [1.29, 1.82) is 0 Å².